The quantitative estimate of drug-likeness (QED) is 0.738. The Morgan fingerprint density at radius 1 is 1.07 bits per heavy atom. The molecule has 2 aliphatic heterocycles. The summed E-state index contributed by atoms with van der Waals surface area (Å²) in [5.74, 6) is 0.628. The van der Waals surface area contributed by atoms with Crippen molar-refractivity contribution in [2.45, 2.75) is 46.5 Å². The Morgan fingerprint density at radius 3 is 2.36 bits per heavy atom. The van der Waals surface area contributed by atoms with Gasteiger partial charge in [0.25, 0.3) is 5.91 Å². The number of ether oxygens (including phenoxy) is 1. The molecule has 3 heterocycles. The number of likely N-dealkylation sites (tertiary alicyclic amines) is 2. The maximum Gasteiger partial charge on any atom is 0.310 e. The Balaban J connectivity index is 1.63. The Hall–Kier alpha value is -2.31. The zero-order valence-corrected chi connectivity index (χ0v) is 17.0. The molecule has 28 heavy (non-hydrogen) atoms. The van der Waals surface area contributed by atoms with Gasteiger partial charge in [-0.2, -0.15) is 0 Å². The summed E-state index contributed by atoms with van der Waals surface area (Å²) in [5.41, 5.74) is 0.575. The normalized spacial score (nSPS) is 22.8. The van der Waals surface area contributed by atoms with Crippen molar-refractivity contribution in [1.82, 2.24) is 9.80 Å². The van der Waals surface area contributed by atoms with Crippen LogP contribution in [0.5, 0.6) is 0 Å². The van der Waals surface area contributed by atoms with Gasteiger partial charge in [-0.25, -0.2) is 0 Å². The van der Waals surface area contributed by atoms with Gasteiger partial charge in [0.05, 0.1) is 24.0 Å². The minimum Gasteiger partial charge on any atom is -0.466 e. The molecule has 2 aliphatic rings. The SMILES string of the molecule is CCOC(=O)[C@@H]1CCCN(C(=O)[C@H]2CCCN(C(=O)c3cc(C)oc3C)C2)C1. The summed E-state index contributed by atoms with van der Waals surface area (Å²) >= 11 is 0. The van der Waals surface area contributed by atoms with E-state index in [0.29, 0.717) is 49.9 Å². The van der Waals surface area contributed by atoms with Gasteiger partial charge in [0.15, 0.2) is 0 Å². The summed E-state index contributed by atoms with van der Waals surface area (Å²) in [7, 11) is 0. The van der Waals surface area contributed by atoms with E-state index in [-0.39, 0.29) is 29.6 Å². The van der Waals surface area contributed by atoms with Crippen LogP contribution < -0.4 is 0 Å². The minimum absolute atomic E-state index is 0.0478. The molecule has 7 nitrogen and oxygen atoms in total. The van der Waals surface area contributed by atoms with Crippen LogP contribution in [0.4, 0.5) is 0 Å². The second kappa shape index (κ2) is 8.80. The smallest absolute Gasteiger partial charge is 0.310 e. The molecule has 3 rings (SSSR count). The third-order valence-electron chi connectivity index (χ3n) is 5.68. The molecule has 0 unspecified atom stereocenters. The highest BCUT2D eigenvalue weighted by molar-refractivity contribution is 5.95. The van der Waals surface area contributed by atoms with Crippen molar-refractivity contribution in [1.29, 1.82) is 0 Å². The van der Waals surface area contributed by atoms with E-state index in [1.807, 2.05) is 6.92 Å². The number of nitrogens with zero attached hydrogens (tertiary/aromatic N) is 2. The lowest BCUT2D eigenvalue weighted by molar-refractivity contribution is -0.152. The van der Waals surface area contributed by atoms with Crippen LogP contribution >= 0.6 is 0 Å². The fraction of sp³-hybridized carbons (Fsp3) is 0.667. The Kier molecular flexibility index (Phi) is 6.42. The summed E-state index contributed by atoms with van der Waals surface area (Å²) in [6, 6.07) is 1.76. The van der Waals surface area contributed by atoms with Gasteiger partial charge in [-0.15, -0.1) is 0 Å². The van der Waals surface area contributed by atoms with Crippen LogP contribution in [0.1, 0.15) is 54.5 Å². The first-order chi connectivity index (χ1) is 13.4. The van der Waals surface area contributed by atoms with E-state index in [1.165, 1.54) is 0 Å². The molecule has 0 aliphatic carbocycles. The van der Waals surface area contributed by atoms with E-state index >= 15 is 0 Å². The predicted molar refractivity (Wildman–Crippen MR) is 103 cm³/mol. The lowest BCUT2D eigenvalue weighted by atomic mass is 9.92. The van der Waals surface area contributed by atoms with Gasteiger partial charge in [0.1, 0.15) is 11.5 Å². The van der Waals surface area contributed by atoms with Crippen LogP contribution in [0.2, 0.25) is 0 Å². The number of hydrogen-bond acceptors (Lipinski definition) is 5. The number of aryl methyl sites for hydroxylation is 2. The summed E-state index contributed by atoms with van der Waals surface area (Å²) in [4.78, 5) is 41.5. The van der Waals surface area contributed by atoms with E-state index in [1.54, 1.807) is 29.7 Å². The Morgan fingerprint density at radius 2 is 1.71 bits per heavy atom. The largest absolute Gasteiger partial charge is 0.466 e. The van der Waals surface area contributed by atoms with Gasteiger partial charge in [0, 0.05) is 26.2 Å². The van der Waals surface area contributed by atoms with Crippen LogP contribution in [0.15, 0.2) is 10.5 Å². The molecule has 0 saturated carbocycles. The van der Waals surface area contributed by atoms with Crippen molar-refractivity contribution in [2.24, 2.45) is 11.8 Å². The minimum atomic E-state index is -0.240. The third-order valence-corrected chi connectivity index (χ3v) is 5.68. The van der Waals surface area contributed by atoms with Gasteiger partial charge in [0.2, 0.25) is 5.91 Å². The average molecular weight is 390 g/mol. The molecule has 0 bridgehead atoms. The second-order valence-electron chi connectivity index (χ2n) is 7.79. The molecule has 7 heteroatoms. The Bertz CT molecular complexity index is 741. The highest BCUT2D eigenvalue weighted by atomic mass is 16.5. The third kappa shape index (κ3) is 4.39. The number of amides is 2. The highest BCUT2D eigenvalue weighted by Gasteiger charge is 2.35. The number of furan rings is 1. The number of rotatable bonds is 4. The topological polar surface area (TPSA) is 80.1 Å². The van der Waals surface area contributed by atoms with Gasteiger partial charge in [-0.3, -0.25) is 14.4 Å². The van der Waals surface area contributed by atoms with E-state index in [2.05, 4.69) is 0 Å². The molecule has 1 aromatic rings. The molecule has 0 aromatic carbocycles. The molecule has 2 fully saturated rings. The van der Waals surface area contributed by atoms with Crippen LogP contribution in [-0.2, 0) is 14.3 Å². The molecule has 2 amide bonds. The lowest BCUT2D eigenvalue weighted by Crippen LogP contribution is -2.50. The molecule has 0 spiro atoms. The molecule has 0 radical (unpaired) electrons. The highest BCUT2D eigenvalue weighted by Crippen LogP contribution is 2.25. The van der Waals surface area contributed by atoms with Crippen LogP contribution in [0.25, 0.3) is 0 Å². The zero-order chi connectivity index (χ0) is 20.3. The molecule has 2 atom stereocenters. The van der Waals surface area contributed by atoms with Crippen LogP contribution in [-0.4, -0.2) is 60.4 Å². The van der Waals surface area contributed by atoms with E-state index in [9.17, 15) is 14.4 Å². The van der Waals surface area contributed by atoms with Gasteiger partial charge in [-0.05, 0) is 52.5 Å². The van der Waals surface area contributed by atoms with Crippen LogP contribution in [0, 0.1) is 25.7 Å². The monoisotopic (exact) mass is 390 g/mol. The van der Waals surface area contributed by atoms with E-state index in [4.69, 9.17) is 9.15 Å². The van der Waals surface area contributed by atoms with Crippen molar-refractivity contribution >= 4 is 17.8 Å². The Labute approximate surface area is 166 Å². The van der Waals surface area contributed by atoms with E-state index < -0.39 is 0 Å². The van der Waals surface area contributed by atoms with Crippen molar-refractivity contribution in [2.75, 3.05) is 32.8 Å². The summed E-state index contributed by atoms with van der Waals surface area (Å²) in [5, 5.41) is 0. The zero-order valence-electron chi connectivity index (χ0n) is 17.0. The molecular weight excluding hydrogens is 360 g/mol. The molecule has 0 N–H and O–H groups in total. The summed E-state index contributed by atoms with van der Waals surface area (Å²) in [6.07, 6.45) is 3.13. The first kappa shape index (κ1) is 20.4. The molecule has 2 saturated heterocycles. The number of carbonyl (C=O) groups is 3. The molecular formula is C21H30N2O5. The average Bonchev–Trinajstić information content (AvgIpc) is 3.05. The molecule has 1 aromatic heterocycles. The van der Waals surface area contributed by atoms with Crippen molar-refractivity contribution < 1.29 is 23.5 Å². The summed E-state index contributed by atoms with van der Waals surface area (Å²) in [6.45, 7) is 7.91. The number of piperidine rings is 2. The lowest BCUT2D eigenvalue weighted by Gasteiger charge is -2.37. The van der Waals surface area contributed by atoms with Gasteiger partial charge >= 0.3 is 5.97 Å². The van der Waals surface area contributed by atoms with Crippen LogP contribution in [0.3, 0.4) is 0 Å². The van der Waals surface area contributed by atoms with Crippen molar-refractivity contribution in [3.63, 3.8) is 0 Å². The fourth-order valence-electron chi connectivity index (χ4n) is 4.26. The molecule has 154 valence electrons. The number of carbonyl (C=O) groups excluding carboxylic acids is 3. The van der Waals surface area contributed by atoms with Crippen molar-refractivity contribution in [3.8, 4) is 0 Å². The first-order valence-electron chi connectivity index (χ1n) is 10.2. The van der Waals surface area contributed by atoms with Gasteiger partial charge in [-0.1, -0.05) is 0 Å². The van der Waals surface area contributed by atoms with Gasteiger partial charge < -0.3 is 19.0 Å². The summed E-state index contributed by atoms with van der Waals surface area (Å²) < 4.78 is 10.6. The second-order valence-corrected chi connectivity index (χ2v) is 7.79. The van der Waals surface area contributed by atoms with E-state index in [0.717, 1.165) is 25.7 Å². The standard InChI is InChI=1S/C21H30N2O5/c1-4-27-21(26)17-8-6-9-22(13-17)19(24)16-7-5-10-23(12-16)20(25)18-11-14(2)28-15(18)3/h11,16-17H,4-10,12-13H2,1-3H3/t16-,17+/m0/s1. The van der Waals surface area contributed by atoms with Crippen molar-refractivity contribution in [3.05, 3.63) is 23.2 Å². The fourth-order valence-corrected chi connectivity index (χ4v) is 4.26. The maximum atomic E-state index is 13.1. The first-order valence-corrected chi connectivity index (χ1v) is 10.2. The number of esters is 1. The predicted octanol–water partition coefficient (Wildman–Crippen LogP) is 2.55. The number of hydrogen-bond donors (Lipinski definition) is 0. The maximum absolute atomic E-state index is 13.1.